The summed E-state index contributed by atoms with van der Waals surface area (Å²) >= 11 is 0. The van der Waals surface area contributed by atoms with Crippen molar-refractivity contribution in [3.8, 4) is 0 Å². The Bertz CT molecular complexity index is 1200. The first kappa shape index (κ1) is 23.0. The lowest BCUT2D eigenvalue weighted by Crippen LogP contribution is -2.44. The number of nitrogens with one attached hydrogen (secondary N) is 1. The SMILES string of the molecule is CC1CCN(C(=O)Nc2cccc(C(=O)O)c2)CC(=O)N(Cc2ccccc2)c2ccccc21. The Hall–Kier alpha value is -4.13. The number of nitrogens with zero attached hydrogens (tertiary/aromatic N) is 2. The van der Waals surface area contributed by atoms with Gasteiger partial charge in [-0.3, -0.25) is 4.79 Å². The van der Waals surface area contributed by atoms with Crippen LogP contribution >= 0.6 is 0 Å². The molecule has 0 spiro atoms. The number of carbonyl (C=O) groups excluding carboxylic acids is 2. The Balaban J connectivity index is 1.61. The average Bonchev–Trinajstić information content (AvgIpc) is 2.89. The maximum Gasteiger partial charge on any atom is 0.335 e. The van der Waals surface area contributed by atoms with Crippen LogP contribution in [0.2, 0.25) is 0 Å². The van der Waals surface area contributed by atoms with Crippen molar-refractivity contribution in [3.63, 3.8) is 0 Å². The standard InChI is InChI=1S/C27H27N3O4/c1-19-14-15-29(27(34)28-22-11-7-10-21(16-22)26(32)33)18-25(31)30(17-20-8-3-2-4-9-20)24-13-6-5-12-23(19)24/h2-13,16,19H,14-15,17-18H2,1H3,(H,28,34)(H,32,33). The van der Waals surface area contributed by atoms with E-state index in [2.05, 4.69) is 12.2 Å². The Kier molecular flexibility index (Phi) is 6.92. The van der Waals surface area contributed by atoms with Gasteiger partial charge >= 0.3 is 12.0 Å². The van der Waals surface area contributed by atoms with Crippen molar-refractivity contribution in [1.82, 2.24) is 4.90 Å². The third-order valence-electron chi connectivity index (χ3n) is 6.05. The molecule has 2 N–H and O–H groups in total. The summed E-state index contributed by atoms with van der Waals surface area (Å²) in [5, 5.41) is 12.0. The largest absolute Gasteiger partial charge is 0.478 e. The lowest BCUT2D eigenvalue weighted by atomic mass is 9.95. The number of urea groups is 1. The van der Waals surface area contributed by atoms with Gasteiger partial charge in [-0.05, 0) is 47.7 Å². The molecular weight excluding hydrogens is 430 g/mol. The van der Waals surface area contributed by atoms with Crippen LogP contribution in [-0.2, 0) is 11.3 Å². The van der Waals surface area contributed by atoms with E-state index in [0.717, 1.165) is 16.8 Å². The molecule has 0 bridgehead atoms. The number of aromatic carboxylic acids is 1. The molecule has 1 aliphatic rings. The van der Waals surface area contributed by atoms with Crippen molar-refractivity contribution in [1.29, 1.82) is 0 Å². The zero-order valence-corrected chi connectivity index (χ0v) is 19.0. The van der Waals surface area contributed by atoms with Gasteiger partial charge in [-0.2, -0.15) is 0 Å². The fraction of sp³-hybridized carbons (Fsp3) is 0.222. The molecule has 3 aromatic carbocycles. The molecule has 1 atom stereocenters. The van der Waals surface area contributed by atoms with E-state index < -0.39 is 12.0 Å². The number of para-hydroxylation sites is 1. The number of carboxylic acids is 1. The molecule has 0 saturated carbocycles. The third kappa shape index (κ3) is 5.26. The van der Waals surface area contributed by atoms with Gasteiger partial charge in [0.05, 0.1) is 12.1 Å². The highest BCUT2D eigenvalue weighted by molar-refractivity contribution is 5.99. The number of hydrogen-bond acceptors (Lipinski definition) is 3. The average molecular weight is 458 g/mol. The summed E-state index contributed by atoms with van der Waals surface area (Å²) in [6, 6.07) is 23.3. The topological polar surface area (TPSA) is 90.0 Å². The van der Waals surface area contributed by atoms with E-state index in [9.17, 15) is 19.5 Å². The minimum atomic E-state index is -1.07. The maximum absolute atomic E-state index is 13.5. The second-order valence-electron chi connectivity index (χ2n) is 8.45. The van der Waals surface area contributed by atoms with Gasteiger partial charge in [-0.1, -0.05) is 61.5 Å². The number of fused-ring (bicyclic) bond motifs is 1. The van der Waals surface area contributed by atoms with E-state index >= 15 is 0 Å². The van der Waals surface area contributed by atoms with E-state index in [-0.39, 0.29) is 23.9 Å². The quantitative estimate of drug-likeness (QED) is 0.580. The van der Waals surface area contributed by atoms with Crippen LogP contribution in [0.5, 0.6) is 0 Å². The first-order valence-corrected chi connectivity index (χ1v) is 11.2. The van der Waals surface area contributed by atoms with Crippen LogP contribution in [0, 0.1) is 0 Å². The van der Waals surface area contributed by atoms with E-state index in [0.29, 0.717) is 25.2 Å². The summed E-state index contributed by atoms with van der Waals surface area (Å²) in [5.41, 5.74) is 3.38. The third-order valence-corrected chi connectivity index (χ3v) is 6.05. The predicted molar refractivity (Wildman–Crippen MR) is 131 cm³/mol. The van der Waals surface area contributed by atoms with Crippen LogP contribution in [0.3, 0.4) is 0 Å². The number of hydrogen-bond donors (Lipinski definition) is 2. The van der Waals surface area contributed by atoms with Gasteiger partial charge in [0.15, 0.2) is 0 Å². The van der Waals surface area contributed by atoms with Crippen molar-refractivity contribution < 1.29 is 19.5 Å². The van der Waals surface area contributed by atoms with Crippen molar-refractivity contribution in [2.24, 2.45) is 0 Å². The fourth-order valence-corrected chi connectivity index (χ4v) is 4.16. The molecule has 1 aliphatic heterocycles. The molecule has 1 heterocycles. The summed E-state index contributed by atoms with van der Waals surface area (Å²) in [4.78, 5) is 41.1. The monoisotopic (exact) mass is 457 g/mol. The Morgan fingerprint density at radius 2 is 1.74 bits per heavy atom. The molecule has 3 amide bonds. The Morgan fingerprint density at radius 3 is 2.50 bits per heavy atom. The Morgan fingerprint density at radius 1 is 1.00 bits per heavy atom. The van der Waals surface area contributed by atoms with Gasteiger partial charge in [0.1, 0.15) is 6.54 Å². The molecule has 0 fully saturated rings. The molecule has 0 aliphatic carbocycles. The van der Waals surface area contributed by atoms with Crippen molar-refractivity contribution in [2.45, 2.75) is 25.8 Å². The van der Waals surface area contributed by atoms with Crippen LogP contribution in [0.4, 0.5) is 16.2 Å². The lowest BCUT2D eigenvalue weighted by Gasteiger charge is -2.27. The van der Waals surface area contributed by atoms with Crippen LogP contribution in [-0.4, -0.2) is 41.0 Å². The highest BCUT2D eigenvalue weighted by Gasteiger charge is 2.28. The van der Waals surface area contributed by atoms with Crippen LogP contribution in [0.1, 0.15) is 40.7 Å². The highest BCUT2D eigenvalue weighted by Crippen LogP contribution is 2.32. The predicted octanol–water partition coefficient (Wildman–Crippen LogP) is 4.96. The molecule has 0 saturated heterocycles. The van der Waals surface area contributed by atoms with Gasteiger partial charge in [0, 0.05) is 17.9 Å². The second-order valence-corrected chi connectivity index (χ2v) is 8.45. The number of anilines is 2. The van der Waals surface area contributed by atoms with Gasteiger partial charge in [-0.25, -0.2) is 9.59 Å². The van der Waals surface area contributed by atoms with Crippen molar-refractivity contribution >= 4 is 29.3 Å². The van der Waals surface area contributed by atoms with Crippen LogP contribution < -0.4 is 10.2 Å². The number of rotatable bonds is 4. The first-order chi connectivity index (χ1) is 16.4. The number of amides is 3. The molecule has 3 aromatic rings. The summed E-state index contributed by atoms with van der Waals surface area (Å²) in [5.74, 6) is -1.12. The van der Waals surface area contributed by atoms with E-state index in [1.54, 1.807) is 17.0 Å². The maximum atomic E-state index is 13.5. The summed E-state index contributed by atoms with van der Waals surface area (Å²) in [7, 11) is 0. The van der Waals surface area contributed by atoms with E-state index in [1.165, 1.54) is 17.0 Å². The number of benzene rings is 3. The highest BCUT2D eigenvalue weighted by atomic mass is 16.4. The molecule has 1 unspecified atom stereocenters. The molecule has 7 nitrogen and oxygen atoms in total. The normalized spacial score (nSPS) is 16.1. The number of carbonyl (C=O) groups is 3. The second kappa shape index (κ2) is 10.2. The number of carboxylic acid groups (broad SMARTS) is 1. The summed E-state index contributed by atoms with van der Waals surface area (Å²) in [6.07, 6.45) is 0.687. The van der Waals surface area contributed by atoms with Gasteiger partial charge in [-0.15, -0.1) is 0 Å². The van der Waals surface area contributed by atoms with Gasteiger partial charge in [0.2, 0.25) is 5.91 Å². The summed E-state index contributed by atoms with van der Waals surface area (Å²) < 4.78 is 0. The van der Waals surface area contributed by atoms with E-state index in [1.807, 2.05) is 54.6 Å². The summed E-state index contributed by atoms with van der Waals surface area (Å²) in [6.45, 7) is 2.81. The van der Waals surface area contributed by atoms with Gasteiger partial charge in [0.25, 0.3) is 0 Å². The van der Waals surface area contributed by atoms with Crippen LogP contribution in [0.15, 0.2) is 78.9 Å². The molecule has 34 heavy (non-hydrogen) atoms. The minimum Gasteiger partial charge on any atom is -0.478 e. The van der Waals surface area contributed by atoms with Gasteiger partial charge < -0.3 is 20.2 Å². The molecule has 7 heteroatoms. The minimum absolute atomic E-state index is 0.0800. The Labute approximate surface area is 198 Å². The lowest BCUT2D eigenvalue weighted by molar-refractivity contribution is -0.119. The smallest absolute Gasteiger partial charge is 0.335 e. The molecule has 0 aromatic heterocycles. The zero-order chi connectivity index (χ0) is 24.1. The van der Waals surface area contributed by atoms with Crippen LogP contribution in [0.25, 0.3) is 0 Å². The molecule has 0 radical (unpaired) electrons. The molecular formula is C27H27N3O4. The first-order valence-electron chi connectivity index (χ1n) is 11.2. The van der Waals surface area contributed by atoms with E-state index in [4.69, 9.17) is 0 Å². The van der Waals surface area contributed by atoms with Crippen molar-refractivity contribution in [3.05, 3.63) is 95.6 Å². The fourth-order valence-electron chi connectivity index (χ4n) is 4.16. The molecule has 174 valence electrons. The van der Waals surface area contributed by atoms with Crippen molar-refractivity contribution in [2.75, 3.05) is 23.3 Å². The zero-order valence-electron chi connectivity index (χ0n) is 19.0. The molecule has 4 rings (SSSR count).